The highest BCUT2D eigenvalue weighted by Crippen LogP contribution is 2.25. The van der Waals surface area contributed by atoms with Crippen LogP contribution in [-0.2, 0) is 6.54 Å². The van der Waals surface area contributed by atoms with Crippen molar-refractivity contribution in [2.24, 2.45) is 0 Å². The zero-order valence-corrected chi connectivity index (χ0v) is 13.1. The van der Waals surface area contributed by atoms with Gasteiger partial charge in [-0.25, -0.2) is 0 Å². The maximum Gasteiger partial charge on any atom is 0.0834 e. The Labute approximate surface area is 126 Å². The molecule has 1 aliphatic heterocycles. The minimum atomic E-state index is -0.254. The number of aliphatic hydroxyl groups is 1. The van der Waals surface area contributed by atoms with E-state index in [4.69, 9.17) is 0 Å². The van der Waals surface area contributed by atoms with Crippen LogP contribution in [0.3, 0.4) is 0 Å². The van der Waals surface area contributed by atoms with Gasteiger partial charge in [-0.15, -0.1) is 0 Å². The van der Waals surface area contributed by atoms with E-state index >= 15 is 0 Å². The zero-order chi connectivity index (χ0) is 15.0. The highest BCUT2D eigenvalue weighted by Gasteiger charge is 2.32. The lowest BCUT2D eigenvalue weighted by Gasteiger charge is -2.22. The Bertz CT molecular complexity index is 638. The third-order valence-electron chi connectivity index (χ3n) is 4.65. The van der Waals surface area contributed by atoms with Gasteiger partial charge in [-0.05, 0) is 42.9 Å². The quantitative estimate of drug-likeness (QED) is 0.936. The number of benzene rings is 2. The number of hydrogen-bond acceptors (Lipinski definition) is 3. The highest BCUT2D eigenvalue weighted by atomic mass is 16.3. The molecule has 0 radical (unpaired) electrons. The number of likely N-dealkylation sites (tertiary alicyclic amines) is 1. The monoisotopic (exact) mass is 284 g/mol. The number of likely N-dealkylation sites (N-methyl/N-ethyl adjacent to an activating group) is 1. The molecule has 0 amide bonds. The van der Waals surface area contributed by atoms with Gasteiger partial charge in [0.05, 0.1) is 6.10 Å². The average Bonchev–Trinajstić information content (AvgIpc) is 2.83. The van der Waals surface area contributed by atoms with Gasteiger partial charge >= 0.3 is 0 Å². The molecule has 0 unspecified atom stereocenters. The molecule has 3 heteroatoms. The van der Waals surface area contributed by atoms with Gasteiger partial charge < -0.3 is 10.0 Å². The van der Waals surface area contributed by atoms with Crippen molar-refractivity contribution in [1.82, 2.24) is 9.80 Å². The number of aliphatic hydroxyl groups excluding tert-OH is 1. The Morgan fingerprint density at radius 2 is 1.90 bits per heavy atom. The topological polar surface area (TPSA) is 26.7 Å². The molecule has 1 fully saturated rings. The lowest BCUT2D eigenvalue weighted by Crippen LogP contribution is -2.37. The minimum absolute atomic E-state index is 0.236. The summed E-state index contributed by atoms with van der Waals surface area (Å²) < 4.78 is 0. The molecule has 1 N–H and O–H groups in total. The smallest absolute Gasteiger partial charge is 0.0834 e. The summed E-state index contributed by atoms with van der Waals surface area (Å²) >= 11 is 0. The van der Waals surface area contributed by atoms with Crippen LogP contribution in [0.25, 0.3) is 10.8 Å². The van der Waals surface area contributed by atoms with E-state index in [1.54, 1.807) is 0 Å². The number of nitrogens with zero attached hydrogens (tertiary/aromatic N) is 2. The van der Waals surface area contributed by atoms with Crippen LogP contribution in [0.2, 0.25) is 0 Å². The summed E-state index contributed by atoms with van der Waals surface area (Å²) in [7, 11) is 4.08. The SMILES string of the molecule is Cc1ccc2ccccc2c1CN1C[C@@H](O)[C@H](N(C)C)C1. The zero-order valence-electron chi connectivity index (χ0n) is 13.1. The number of aryl methyl sites for hydroxylation is 1. The summed E-state index contributed by atoms with van der Waals surface area (Å²) in [5.41, 5.74) is 2.72. The first kappa shape index (κ1) is 14.5. The molecule has 1 aliphatic rings. The molecule has 2 atom stereocenters. The summed E-state index contributed by atoms with van der Waals surface area (Å²) in [6.07, 6.45) is -0.254. The molecule has 3 nitrogen and oxygen atoms in total. The van der Waals surface area contributed by atoms with E-state index in [9.17, 15) is 5.11 Å². The molecule has 0 spiro atoms. The average molecular weight is 284 g/mol. The van der Waals surface area contributed by atoms with Crippen molar-refractivity contribution in [3.63, 3.8) is 0 Å². The molecular formula is C18H24N2O. The van der Waals surface area contributed by atoms with Gasteiger partial charge in [-0.3, -0.25) is 4.90 Å². The molecule has 21 heavy (non-hydrogen) atoms. The van der Waals surface area contributed by atoms with Gasteiger partial charge in [0.1, 0.15) is 0 Å². The van der Waals surface area contributed by atoms with E-state index in [2.05, 4.69) is 53.1 Å². The van der Waals surface area contributed by atoms with Crippen LogP contribution in [0.1, 0.15) is 11.1 Å². The van der Waals surface area contributed by atoms with E-state index in [1.165, 1.54) is 21.9 Å². The Morgan fingerprint density at radius 3 is 2.62 bits per heavy atom. The van der Waals surface area contributed by atoms with E-state index in [1.807, 2.05) is 14.1 Å². The van der Waals surface area contributed by atoms with Gasteiger partial charge in [0.2, 0.25) is 0 Å². The standard InChI is InChI=1S/C18H24N2O/c1-13-8-9-14-6-4-5-7-15(14)16(13)10-20-11-17(19(2)3)18(21)12-20/h4-9,17-18,21H,10-12H2,1-3H3/t17-,18-/m1/s1. The molecule has 0 aromatic heterocycles. The molecule has 0 bridgehead atoms. The third kappa shape index (κ3) is 2.82. The van der Waals surface area contributed by atoms with Gasteiger partial charge in [-0.2, -0.15) is 0 Å². The Hall–Kier alpha value is -1.42. The summed E-state index contributed by atoms with van der Waals surface area (Å²) in [5.74, 6) is 0. The molecule has 2 aromatic carbocycles. The van der Waals surface area contributed by atoms with Crippen molar-refractivity contribution >= 4 is 10.8 Å². The minimum Gasteiger partial charge on any atom is -0.390 e. The molecule has 1 saturated heterocycles. The van der Waals surface area contributed by atoms with Crippen LogP contribution in [-0.4, -0.2) is 54.2 Å². The predicted octanol–water partition coefficient (Wildman–Crippen LogP) is 2.25. The second kappa shape index (κ2) is 5.76. The van der Waals surface area contributed by atoms with Crippen molar-refractivity contribution in [2.45, 2.75) is 25.6 Å². The van der Waals surface area contributed by atoms with Crippen molar-refractivity contribution in [3.8, 4) is 0 Å². The van der Waals surface area contributed by atoms with Crippen molar-refractivity contribution in [2.75, 3.05) is 27.2 Å². The van der Waals surface area contributed by atoms with Crippen molar-refractivity contribution < 1.29 is 5.11 Å². The van der Waals surface area contributed by atoms with Crippen molar-refractivity contribution in [1.29, 1.82) is 0 Å². The largest absolute Gasteiger partial charge is 0.390 e. The molecular weight excluding hydrogens is 260 g/mol. The van der Waals surface area contributed by atoms with Crippen LogP contribution in [0, 0.1) is 6.92 Å². The van der Waals surface area contributed by atoms with Gasteiger partial charge in [-0.1, -0.05) is 36.4 Å². The Morgan fingerprint density at radius 1 is 1.14 bits per heavy atom. The summed E-state index contributed by atoms with van der Waals surface area (Å²) in [6.45, 7) is 4.77. The van der Waals surface area contributed by atoms with E-state index in [-0.39, 0.29) is 12.1 Å². The molecule has 112 valence electrons. The fourth-order valence-electron chi connectivity index (χ4n) is 3.36. The maximum absolute atomic E-state index is 10.2. The second-order valence-corrected chi connectivity index (χ2v) is 6.37. The van der Waals surface area contributed by atoms with Gasteiger partial charge in [0.25, 0.3) is 0 Å². The first-order valence-electron chi connectivity index (χ1n) is 7.60. The number of β-amino-alcohol motifs (C(OH)–C–C–N with tert-alkyl or cyclic N) is 1. The first-order chi connectivity index (χ1) is 10.1. The summed E-state index contributed by atoms with van der Waals surface area (Å²) in [4.78, 5) is 4.49. The fraction of sp³-hybridized carbons (Fsp3) is 0.444. The van der Waals surface area contributed by atoms with E-state index < -0.39 is 0 Å². The van der Waals surface area contributed by atoms with Crippen LogP contribution in [0.4, 0.5) is 0 Å². The molecule has 3 rings (SSSR count). The van der Waals surface area contributed by atoms with Crippen LogP contribution >= 0.6 is 0 Å². The summed E-state index contributed by atoms with van der Waals surface area (Å²) in [5, 5.41) is 12.8. The number of fused-ring (bicyclic) bond motifs is 1. The number of hydrogen-bond donors (Lipinski definition) is 1. The molecule has 0 aliphatic carbocycles. The first-order valence-corrected chi connectivity index (χ1v) is 7.60. The van der Waals surface area contributed by atoms with Crippen molar-refractivity contribution in [3.05, 3.63) is 47.5 Å². The van der Waals surface area contributed by atoms with E-state index in [0.29, 0.717) is 0 Å². The lowest BCUT2D eigenvalue weighted by molar-refractivity contribution is 0.112. The maximum atomic E-state index is 10.2. The molecule has 0 saturated carbocycles. The normalized spacial score (nSPS) is 23.3. The van der Waals surface area contributed by atoms with E-state index in [0.717, 1.165) is 19.6 Å². The second-order valence-electron chi connectivity index (χ2n) is 6.37. The Balaban J connectivity index is 1.87. The van der Waals surface area contributed by atoms with Crippen LogP contribution < -0.4 is 0 Å². The highest BCUT2D eigenvalue weighted by molar-refractivity contribution is 5.86. The molecule has 2 aromatic rings. The van der Waals surface area contributed by atoms with Gasteiger partial charge in [0.15, 0.2) is 0 Å². The predicted molar refractivity (Wildman–Crippen MR) is 87.4 cm³/mol. The van der Waals surface area contributed by atoms with Crippen LogP contribution in [0.5, 0.6) is 0 Å². The molecule has 1 heterocycles. The van der Waals surface area contributed by atoms with Crippen LogP contribution in [0.15, 0.2) is 36.4 Å². The van der Waals surface area contributed by atoms with Gasteiger partial charge in [0, 0.05) is 25.7 Å². The Kier molecular flexibility index (Phi) is 3.98. The fourth-order valence-corrected chi connectivity index (χ4v) is 3.36. The third-order valence-corrected chi connectivity index (χ3v) is 4.65. The number of rotatable bonds is 3. The lowest BCUT2D eigenvalue weighted by atomic mass is 9.99. The summed E-state index contributed by atoms with van der Waals surface area (Å²) in [6, 6.07) is 13.2.